The van der Waals surface area contributed by atoms with Crippen LogP contribution in [0.15, 0.2) is 18.7 Å². The van der Waals surface area contributed by atoms with Gasteiger partial charge in [0, 0.05) is 39.0 Å². The second kappa shape index (κ2) is 6.64. The van der Waals surface area contributed by atoms with Crippen LogP contribution in [0.1, 0.15) is 12.7 Å². The molecule has 0 aliphatic heterocycles. The lowest BCUT2D eigenvalue weighted by atomic mass is 10.3. The summed E-state index contributed by atoms with van der Waals surface area (Å²) in [6.45, 7) is 2.89. The summed E-state index contributed by atoms with van der Waals surface area (Å²) in [5.74, 6) is 1.32. The number of nitrogens with one attached hydrogen (secondary N) is 2. The first-order valence-corrected chi connectivity index (χ1v) is 6.56. The number of imidazole rings is 1. The van der Waals surface area contributed by atoms with E-state index in [9.17, 15) is 10.1 Å². The Morgan fingerprint density at radius 3 is 2.57 bits per heavy atom. The minimum atomic E-state index is -0.485. The number of aromatic nitrogens is 4. The van der Waals surface area contributed by atoms with Gasteiger partial charge in [0.05, 0.1) is 4.92 Å². The smallest absolute Gasteiger partial charge is 0.353 e. The Labute approximate surface area is 121 Å². The zero-order chi connectivity index (χ0) is 15.2. The number of aryl methyl sites for hydroxylation is 1. The van der Waals surface area contributed by atoms with E-state index >= 15 is 0 Å². The van der Waals surface area contributed by atoms with Crippen molar-refractivity contribution >= 4 is 17.3 Å². The average molecular weight is 291 g/mol. The maximum atomic E-state index is 11.2. The van der Waals surface area contributed by atoms with E-state index in [1.807, 2.05) is 24.7 Å². The monoisotopic (exact) mass is 291 g/mol. The molecular weight excluding hydrogens is 274 g/mol. The van der Waals surface area contributed by atoms with Gasteiger partial charge in [-0.1, -0.05) is 0 Å². The Morgan fingerprint density at radius 2 is 2.00 bits per heavy atom. The number of hydrogen-bond donors (Lipinski definition) is 2. The second-order valence-electron chi connectivity index (χ2n) is 4.34. The number of hydrogen-bond acceptors (Lipinski definition) is 7. The number of nitrogens with zero attached hydrogens (tertiary/aromatic N) is 5. The van der Waals surface area contributed by atoms with Gasteiger partial charge < -0.3 is 15.2 Å². The normalized spacial score (nSPS) is 10.4. The molecule has 2 rings (SSSR count). The molecule has 9 nitrogen and oxygen atoms in total. The Kier molecular flexibility index (Phi) is 4.64. The molecule has 0 aromatic carbocycles. The molecule has 0 spiro atoms. The van der Waals surface area contributed by atoms with Crippen LogP contribution in [0.25, 0.3) is 0 Å². The molecule has 0 radical (unpaired) electrons. The van der Waals surface area contributed by atoms with Gasteiger partial charge in [-0.3, -0.25) is 10.1 Å². The van der Waals surface area contributed by atoms with E-state index in [-0.39, 0.29) is 17.3 Å². The van der Waals surface area contributed by atoms with Gasteiger partial charge in [0.25, 0.3) is 0 Å². The summed E-state index contributed by atoms with van der Waals surface area (Å²) < 4.78 is 1.90. The molecule has 0 aliphatic carbocycles. The zero-order valence-corrected chi connectivity index (χ0v) is 11.9. The number of nitro groups is 1. The lowest BCUT2D eigenvalue weighted by Gasteiger charge is -2.09. The van der Waals surface area contributed by atoms with E-state index in [1.165, 1.54) is 6.33 Å². The molecular formula is C12H17N7O2. The second-order valence-corrected chi connectivity index (χ2v) is 4.34. The highest BCUT2D eigenvalue weighted by Crippen LogP contribution is 2.28. The number of anilines is 2. The van der Waals surface area contributed by atoms with Crippen molar-refractivity contribution in [2.75, 3.05) is 23.7 Å². The summed E-state index contributed by atoms with van der Waals surface area (Å²) in [7, 11) is 1.90. The van der Waals surface area contributed by atoms with Gasteiger partial charge in [-0.15, -0.1) is 0 Å². The van der Waals surface area contributed by atoms with Gasteiger partial charge in [-0.2, -0.15) is 0 Å². The van der Waals surface area contributed by atoms with E-state index < -0.39 is 4.92 Å². The minimum absolute atomic E-state index is 0.140. The Bertz CT molecular complexity index is 626. The molecule has 2 aromatic rings. The summed E-state index contributed by atoms with van der Waals surface area (Å²) in [6.07, 6.45) is 5.51. The Balaban J connectivity index is 2.10. The van der Waals surface area contributed by atoms with Crippen LogP contribution in [0.4, 0.5) is 17.3 Å². The van der Waals surface area contributed by atoms with Gasteiger partial charge in [0.2, 0.25) is 11.6 Å². The Morgan fingerprint density at radius 1 is 1.29 bits per heavy atom. The first-order valence-electron chi connectivity index (χ1n) is 6.56. The highest BCUT2D eigenvalue weighted by molar-refractivity contribution is 5.69. The average Bonchev–Trinajstić information content (AvgIpc) is 2.85. The van der Waals surface area contributed by atoms with E-state index in [4.69, 9.17) is 0 Å². The van der Waals surface area contributed by atoms with E-state index in [0.29, 0.717) is 19.5 Å². The van der Waals surface area contributed by atoms with Gasteiger partial charge >= 0.3 is 5.69 Å². The van der Waals surface area contributed by atoms with Crippen LogP contribution < -0.4 is 10.6 Å². The third-order valence-corrected chi connectivity index (χ3v) is 2.91. The van der Waals surface area contributed by atoms with Crippen molar-refractivity contribution in [1.82, 2.24) is 19.5 Å². The highest BCUT2D eigenvalue weighted by atomic mass is 16.6. The topological polar surface area (TPSA) is 111 Å². The lowest BCUT2D eigenvalue weighted by Crippen LogP contribution is -2.13. The first kappa shape index (κ1) is 14.7. The van der Waals surface area contributed by atoms with Crippen LogP contribution in [0.2, 0.25) is 0 Å². The van der Waals surface area contributed by atoms with Gasteiger partial charge in [-0.05, 0) is 6.92 Å². The molecule has 0 atom stereocenters. The fourth-order valence-corrected chi connectivity index (χ4v) is 1.91. The Hall–Kier alpha value is -2.71. The molecule has 112 valence electrons. The van der Waals surface area contributed by atoms with Crippen LogP contribution in [0.5, 0.6) is 0 Å². The first-order chi connectivity index (χ1) is 10.1. The van der Waals surface area contributed by atoms with Crippen molar-refractivity contribution in [1.29, 1.82) is 0 Å². The van der Waals surface area contributed by atoms with Crippen LogP contribution in [0.3, 0.4) is 0 Å². The van der Waals surface area contributed by atoms with Crippen molar-refractivity contribution in [2.45, 2.75) is 13.3 Å². The predicted molar refractivity (Wildman–Crippen MR) is 78.3 cm³/mol. The standard InChI is InChI=1S/C12H17N7O2/c1-3-13-11-10(19(20)21)12(17-8-16-11)15-5-4-9-14-6-7-18(9)2/h6-8H,3-5H2,1-2H3,(H2,13,15,16,17). The SMILES string of the molecule is CCNc1ncnc(NCCc2nccn2C)c1[N+](=O)[O-]. The summed E-state index contributed by atoms with van der Waals surface area (Å²) in [4.78, 5) is 22.8. The molecule has 0 saturated carbocycles. The molecule has 0 saturated heterocycles. The van der Waals surface area contributed by atoms with Crippen LogP contribution in [-0.2, 0) is 13.5 Å². The van der Waals surface area contributed by atoms with Crippen LogP contribution >= 0.6 is 0 Å². The largest absolute Gasteiger partial charge is 0.364 e. The molecule has 0 amide bonds. The van der Waals surface area contributed by atoms with E-state index in [1.54, 1.807) is 6.20 Å². The summed E-state index contributed by atoms with van der Waals surface area (Å²) in [6, 6.07) is 0. The van der Waals surface area contributed by atoms with Crippen molar-refractivity contribution in [3.8, 4) is 0 Å². The quantitative estimate of drug-likeness (QED) is 0.582. The minimum Gasteiger partial charge on any atom is -0.364 e. The molecule has 9 heteroatoms. The van der Waals surface area contributed by atoms with Gasteiger partial charge in [0.1, 0.15) is 12.2 Å². The summed E-state index contributed by atoms with van der Waals surface area (Å²) in [5.41, 5.74) is -0.140. The van der Waals surface area contributed by atoms with Crippen LogP contribution in [-0.4, -0.2) is 37.5 Å². The highest BCUT2D eigenvalue weighted by Gasteiger charge is 2.22. The van der Waals surface area contributed by atoms with Crippen LogP contribution in [0, 0.1) is 10.1 Å². The molecule has 0 aliphatic rings. The zero-order valence-electron chi connectivity index (χ0n) is 11.9. The van der Waals surface area contributed by atoms with Crippen molar-refractivity contribution < 1.29 is 4.92 Å². The van der Waals surface area contributed by atoms with E-state index in [0.717, 1.165) is 5.82 Å². The van der Waals surface area contributed by atoms with E-state index in [2.05, 4.69) is 25.6 Å². The summed E-state index contributed by atoms with van der Waals surface area (Å²) in [5, 5.41) is 17.0. The van der Waals surface area contributed by atoms with Crippen molar-refractivity contribution in [3.05, 3.63) is 34.7 Å². The van der Waals surface area contributed by atoms with Gasteiger partial charge in [-0.25, -0.2) is 15.0 Å². The molecule has 0 fully saturated rings. The third-order valence-electron chi connectivity index (χ3n) is 2.91. The fourth-order valence-electron chi connectivity index (χ4n) is 1.91. The predicted octanol–water partition coefficient (Wildman–Crippen LogP) is 1.20. The molecule has 2 heterocycles. The maximum Gasteiger partial charge on any atom is 0.353 e. The molecule has 2 N–H and O–H groups in total. The molecule has 0 bridgehead atoms. The van der Waals surface area contributed by atoms with Gasteiger partial charge in [0.15, 0.2) is 0 Å². The maximum absolute atomic E-state index is 11.2. The molecule has 0 unspecified atom stereocenters. The summed E-state index contributed by atoms with van der Waals surface area (Å²) >= 11 is 0. The third kappa shape index (κ3) is 3.44. The molecule has 21 heavy (non-hydrogen) atoms. The van der Waals surface area contributed by atoms with Crippen molar-refractivity contribution in [2.24, 2.45) is 7.05 Å². The van der Waals surface area contributed by atoms with Crippen molar-refractivity contribution in [3.63, 3.8) is 0 Å². The number of rotatable bonds is 7. The lowest BCUT2D eigenvalue weighted by molar-refractivity contribution is -0.383. The molecule has 2 aromatic heterocycles. The fraction of sp³-hybridized carbons (Fsp3) is 0.417.